The highest BCUT2D eigenvalue weighted by Gasteiger charge is 2.66. The highest BCUT2D eigenvalue weighted by atomic mass is 28.5. The second-order valence-electron chi connectivity index (χ2n) is 8.65. The Hall–Kier alpha value is -1.38. The number of hydrogen-bond acceptors (Lipinski definition) is 1. The summed E-state index contributed by atoms with van der Waals surface area (Å²) in [6, 6.07) is 16.3. The van der Waals surface area contributed by atoms with E-state index in [4.69, 9.17) is 0 Å². The fourth-order valence-electron chi connectivity index (χ4n) is 3.40. The molecule has 1 atom stereocenters. The Morgan fingerprint density at radius 3 is 1.38 bits per heavy atom. The molecule has 0 amide bonds. The lowest BCUT2D eigenvalue weighted by atomic mass is 10.1. The van der Waals surface area contributed by atoms with Gasteiger partial charge in [0, 0.05) is 15.8 Å². The lowest BCUT2D eigenvalue weighted by Gasteiger charge is -2.52. The molecule has 0 aliphatic heterocycles. The predicted molar refractivity (Wildman–Crippen MR) is 108 cm³/mol. The van der Waals surface area contributed by atoms with E-state index in [-0.39, 0.29) is 5.19 Å². The standard InChI is InChI=1S/C20H28F3NSi2/c1-19(2,3)24(26(22,23)18-15-11-8-12-16-18)25(21,20(4,5)6)17-13-9-7-10-14-17/h7-16H,1-6H3. The van der Waals surface area contributed by atoms with Crippen LogP contribution < -0.4 is 10.4 Å². The topological polar surface area (TPSA) is 3.24 Å². The van der Waals surface area contributed by atoms with E-state index in [9.17, 15) is 0 Å². The average Bonchev–Trinajstić information content (AvgIpc) is 2.54. The van der Waals surface area contributed by atoms with E-state index in [2.05, 4.69) is 0 Å². The van der Waals surface area contributed by atoms with Crippen LogP contribution in [0.25, 0.3) is 0 Å². The van der Waals surface area contributed by atoms with Crippen LogP contribution in [0.2, 0.25) is 5.04 Å². The van der Waals surface area contributed by atoms with Gasteiger partial charge in [-0.3, -0.25) is 8.34 Å². The largest absolute Gasteiger partial charge is 0.536 e. The van der Waals surface area contributed by atoms with Crippen molar-refractivity contribution < 1.29 is 12.3 Å². The van der Waals surface area contributed by atoms with Gasteiger partial charge < -0.3 is 0 Å². The van der Waals surface area contributed by atoms with Crippen molar-refractivity contribution in [3.8, 4) is 0 Å². The molecule has 2 rings (SSSR count). The van der Waals surface area contributed by atoms with Crippen molar-refractivity contribution in [1.29, 1.82) is 0 Å². The molecule has 0 N–H and O–H groups in total. The maximum Gasteiger partial charge on any atom is 0.536 e. The van der Waals surface area contributed by atoms with Crippen molar-refractivity contribution in [2.45, 2.75) is 52.1 Å². The average molecular weight is 396 g/mol. The molecule has 0 aliphatic rings. The van der Waals surface area contributed by atoms with Gasteiger partial charge in [0.05, 0.1) is 0 Å². The van der Waals surface area contributed by atoms with Gasteiger partial charge in [0.15, 0.2) is 0 Å². The van der Waals surface area contributed by atoms with Crippen molar-refractivity contribution in [2.75, 3.05) is 0 Å². The van der Waals surface area contributed by atoms with E-state index in [0.717, 1.165) is 4.23 Å². The summed E-state index contributed by atoms with van der Waals surface area (Å²) < 4.78 is 49.8. The first-order valence-electron chi connectivity index (χ1n) is 8.81. The molecule has 6 heteroatoms. The third-order valence-electron chi connectivity index (χ3n) is 4.53. The van der Waals surface area contributed by atoms with Crippen LogP contribution in [0.5, 0.6) is 0 Å². The molecule has 0 radical (unpaired) electrons. The van der Waals surface area contributed by atoms with Crippen LogP contribution >= 0.6 is 0 Å². The van der Waals surface area contributed by atoms with Crippen molar-refractivity contribution in [3.05, 3.63) is 60.7 Å². The first kappa shape index (κ1) is 20.9. The molecule has 0 bridgehead atoms. The van der Waals surface area contributed by atoms with Crippen LogP contribution in [-0.2, 0) is 0 Å². The molecule has 0 aromatic heterocycles. The van der Waals surface area contributed by atoms with E-state index < -0.39 is 28.0 Å². The molecule has 0 fully saturated rings. The monoisotopic (exact) mass is 395 g/mol. The van der Waals surface area contributed by atoms with Crippen LogP contribution in [0.4, 0.5) is 12.3 Å². The van der Waals surface area contributed by atoms with Crippen LogP contribution in [0.1, 0.15) is 41.5 Å². The van der Waals surface area contributed by atoms with Gasteiger partial charge >= 0.3 is 17.5 Å². The van der Waals surface area contributed by atoms with Gasteiger partial charge in [0.2, 0.25) is 0 Å². The summed E-state index contributed by atoms with van der Waals surface area (Å²) in [5, 5.41) is -0.581. The molecule has 2 aromatic rings. The van der Waals surface area contributed by atoms with E-state index in [1.165, 1.54) is 12.1 Å². The second-order valence-corrected chi connectivity index (χ2v) is 15.0. The van der Waals surface area contributed by atoms with Crippen molar-refractivity contribution in [1.82, 2.24) is 4.23 Å². The first-order chi connectivity index (χ1) is 11.8. The summed E-state index contributed by atoms with van der Waals surface area (Å²) in [6.07, 6.45) is 0. The Morgan fingerprint density at radius 1 is 0.654 bits per heavy atom. The Balaban J connectivity index is 2.79. The number of halogens is 3. The zero-order valence-electron chi connectivity index (χ0n) is 16.4. The molecule has 2 aromatic carbocycles. The maximum absolute atomic E-state index is 17.0. The SMILES string of the molecule is CC(C)(C)N([Si](F)(F)c1ccccc1)[Si](F)(c1ccccc1)C(C)(C)C. The minimum atomic E-state index is -5.25. The Bertz CT molecular complexity index is 724. The third-order valence-corrected chi connectivity index (χ3v) is 12.9. The van der Waals surface area contributed by atoms with Crippen LogP contribution in [0, 0.1) is 0 Å². The van der Waals surface area contributed by atoms with Gasteiger partial charge in [-0.1, -0.05) is 81.4 Å². The van der Waals surface area contributed by atoms with Crippen molar-refractivity contribution in [3.63, 3.8) is 0 Å². The molecule has 142 valence electrons. The summed E-state index contributed by atoms with van der Waals surface area (Å²) in [6.45, 7) is 10.3. The number of nitrogens with zero attached hydrogens (tertiary/aromatic N) is 1. The fraction of sp³-hybridized carbons (Fsp3) is 0.400. The molecular weight excluding hydrogens is 367 g/mol. The summed E-state index contributed by atoms with van der Waals surface area (Å²) in [5.74, 6) is 0. The van der Waals surface area contributed by atoms with Crippen LogP contribution in [0.15, 0.2) is 60.7 Å². The highest BCUT2D eigenvalue weighted by Crippen LogP contribution is 2.45. The number of benzene rings is 2. The zero-order chi connectivity index (χ0) is 19.8. The molecule has 0 saturated heterocycles. The highest BCUT2D eigenvalue weighted by molar-refractivity contribution is 6.97. The Kier molecular flexibility index (Phi) is 5.62. The van der Waals surface area contributed by atoms with E-state index in [1.54, 1.807) is 90.1 Å². The third kappa shape index (κ3) is 3.68. The van der Waals surface area contributed by atoms with E-state index in [1.807, 2.05) is 0 Å². The van der Waals surface area contributed by atoms with Crippen LogP contribution in [-0.4, -0.2) is 27.2 Å². The quantitative estimate of drug-likeness (QED) is 0.521. The normalized spacial score (nSPS) is 15.8. The molecular formula is C20H28F3NSi2. The van der Waals surface area contributed by atoms with Gasteiger partial charge in [0.25, 0.3) is 0 Å². The van der Waals surface area contributed by atoms with Gasteiger partial charge in [-0.15, -0.1) is 0 Å². The molecule has 1 unspecified atom stereocenters. The molecule has 1 nitrogen and oxygen atoms in total. The molecule has 26 heavy (non-hydrogen) atoms. The maximum atomic E-state index is 17.0. The van der Waals surface area contributed by atoms with Gasteiger partial charge in [-0.25, -0.2) is 8.22 Å². The molecule has 0 spiro atoms. The molecule has 0 heterocycles. The predicted octanol–water partition coefficient (Wildman–Crippen LogP) is 4.99. The van der Waals surface area contributed by atoms with Gasteiger partial charge in [0.1, 0.15) is 0 Å². The zero-order valence-corrected chi connectivity index (χ0v) is 18.4. The summed E-state index contributed by atoms with van der Waals surface area (Å²) in [4.78, 5) is 0. The summed E-state index contributed by atoms with van der Waals surface area (Å²) in [7, 11) is -9.52. The van der Waals surface area contributed by atoms with E-state index in [0.29, 0.717) is 5.19 Å². The van der Waals surface area contributed by atoms with Gasteiger partial charge in [-0.05, 0) is 26.0 Å². The van der Waals surface area contributed by atoms with Gasteiger partial charge in [-0.2, -0.15) is 0 Å². The Labute approximate surface area is 157 Å². The summed E-state index contributed by atoms with van der Waals surface area (Å²) >= 11 is 0. The number of hydrogen-bond donors (Lipinski definition) is 0. The van der Waals surface area contributed by atoms with Crippen molar-refractivity contribution in [2.24, 2.45) is 0 Å². The van der Waals surface area contributed by atoms with Crippen molar-refractivity contribution >= 4 is 27.8 Å². The smallest absolute Gasteiger partial charge is 0.286 e. The Morgan fingerprint density at radius 2 is 1.04 bits per heavy atom. The van der Waals surface area contributed by atoms with Crippen LogP contribution in [0.3, 0.4) is 0 Å². The minimum absolute atomic E-state index is 0.0513. The lowest BCUT2D eigenvalue weighted by molar-refractivity contribution is 0.269. The summed E-state index contributed by atoms with van der Waals surface area (Å²) in [5.41, 5.74) is -1.02. The first-order valence-corrected chi connectivity index (χ1v) is 12.3. The van der Waals surface area contributed by atoms with E-state index >= 15 is 12.3 Å². The number of rotatable bonds is 4. The second kappa shape index (κ2) is 6.98. The molecule has 0 saturated carbocycles. The fourth-order valence-corrected chi connectivity index (χ4v) is 11.8. The lowest BCUT2D eigenvalue weighted by Crippen LogP contribution is -2.78. The minimum Gasteiger partial charge on any atom is -0.286 e. The molecule has 0 aliphatic carbocycles.